The summed E-state index contributed by atoms with van der Waals surface area (Å²) in [4.78, 5) is 30.7. The molecule has 7 unspecified atom stereocenters. The fourth-order valence-corrected chi connectivity index (χ4v) is 2.95. The van der Waals surface area contributed by atoms with Crippen LogP contribution in [0.5, 0.6) is 0 Å². The van der Waals surface area contributed by atoms with E-state index in [1.807, 2.05) is 0 Å². The van der Waals surface area contributed by atoms with Gasteiger partial charge in [-0.05, 0) is 6.08 Å². The van der Waals surface area contributed by atoms with Crippen molar-refractivity contribution in [1.29, 1.82) is 0 Å². The zero-order valence-electron chi connectivity index (χ0n) is 11.4. The van der Waals surface area contributed by atoms with Gasteiger partial charge in [-0.3, -0.25) is 9.36 Å². The van der Waals surface area contributed by atoms with Crippen LogP contribution < -0.4 is 9.79 Å². The maximum absolute atomic E-state index is 11.0. The molecule has 2 heterocycles. The molecule has 22 heavy (non-hydrogen) atoms. The Bertz CT molecular complexity index is 492. The lowest BCUT2D eigenvalue weighted by atomic mass is 10.0. The number of carboxylic acids is 1. The lowest BCUT2D eigenvalue weighted by Gasteiger charge is -2.30. The molecular weight excluding hydrogens is 321 g/mol. The molecule has 0 radical (unpaired) electrons. The van der Waals surface area contributed by atoms with Crippen LogP contribution in [0.4, 0.5) is 0 Å². The molecule has 5 N–H and O–H groups in total. The number of hydrogen-bond donors (Lipinski definition) is 5. The number of ether oxygens (including phenoxy) is 1. The monoisotopic (exact) mass is 339 g/mol. The molecule has 2 aliphatic rings. The molecule has 2 aliphatic heterocycles. The number of aliphatic carboxylic acids is 1. The van der Waals surface area contributed by atoms with E-state index in [2.05, 4.69) is 4.52 Å². The van der Waals surface area contributed by atoms with Crippen molar-refractivity contribution >= 4 is 13.8 Å². The van der Waals surface area contributed by atoms with Crippen LogP contribution in [-0.4, -0.2) is 70.4 Å². The smallest absolute Gasteiger partial charge is 0.316 e. The minimum atomic E-state index is -4.96. The number of nitrogens with one attached hydrogen (secondary N) is 1. The van der Waals surface area contributed by atoms with Gasteiger partial charge >= 0.3 is 5.97 Å². The minimum Gasteiger partial charge on any atom is -0.756 e. The first-order valence-electron chi connectivity index (χ1n) is 6.63. The fourth-order valence-electron chi connectivity index (χ4n) is 2.61. The van der Waals surface area contributed by atoms with E-state index in [4.69, 9.17) is 14.7 Å². The Morgan fingerprint density at radius 1 is 1.45 bits per heavy atom. The molecule has 1 fully saturated rings. The maximum Gasteiger partial charge on any atom is 0.316 e. The second kappa shape index (κ2) is 6.73. The lowest BCUT2D eigenvalue weighted by molar-refractivity contribution is -0.948. The van der Waals surface area contributed by atoms with Crippen LogP contribution in [0.25, 0.3) is 0 Å². The molecule has 0 bridgehead atoms. The summed E-state index contributed by atoms with van der Waals surface area (Å²) in [5.74, 6) is -1.74. The number of aliphatic hydroxyl groups excluding tert-OH is 2. The van der Waals surface area contributed by atoms with E-state index in [-0.39, 0.29) is 6.54 Å². The van der Waals surface area contributed by atoms with Gasteiger partial charge in [-0.1, -0.05) is 6.08 Å². The number of quaternary nitrogens is 1. The van der Waals surface area contributed by atoms with E-state index in [0.717, 1.165) is 0 Å². The van der Waals surface area contributed by atoms with Gasteiger partial charge in [-0.2, -0.15) is 0 Å². The number of rotatable bonds is 5. The molecule has 126 valence electrons. The fraction of sp³-hybridized carbons (Fsp3) is 0.727. The summed E-state index contributed by atoms with van der Waals surface area (Å²) in [6.45, 7) is -0.0861. The van der Waals surface area contributed by atoms with Crippen molar-refractivity contribution in [3.63, 3.8) is 0 Å². The lowest BCUT2D eigenvalue weighted by Crippen LogP contribution is -3.18. The molecule has 0 aromatic rings. The molecule has 0 saturated carbocycles. The molecular formula is C11H18NO9P. The zero-order chi connectivity index (χ0) is 16.5. The Kier molecular flexibility index (Phi) is 5.36. The molecule has 0 aromatic heterocycles. The molecule has 2 rings (SSSR count). The molecule has 1 saturated heterocycles. The summed E-state index contributed by atoms with van der Waals surface area (Å²) in [5.41, 5.74) is 0. The molecule has 0 aromatic carbocycles. The quantitative estimate of drug-likeness (QED) is 0.249. The van der Waals surface area contributed by atoms with E-state index < -0.39 is 50.9 Å². The van der Waals surface area contributed by atoms with Gasteiger partial charge in [0.1, 0.15) is 18.1 Å². The zero-order valence-corrected chi connectivity index (χ0v) is 12.3. The predicted octanol–water partition coefficient (Wildman–Crippen LogP) is -3.93. The second-order valence-corrected chi connectivity index (χ2v) is 6.48. The van der Waals surface area contributed by atoms with Crippen molar-refractivity contribution in [1.82, 2.24) is 0 Å². The van der Waals surface area contributed by atoms with Gasteiger partial charge in [0.2, 0.25) is 6.23 Å². The van der Waals surface area contributed by atoms with Crippen LogP contribution >= 0.6 is 7.82 Å². The summed E-state index contributed by atoms with van der Waals surface area (Å²) in [6.07, 6.45) is -1.60. The van der Waals surface area contributed by atoms with Gasteiger partial charge < -0.3 is 39.3 Å². The topological polar surface area (TPSA) is 161 Å². The Hall–Kier alpha value is -0.840. The van der Waals surface area contributed by atoms with E-state index in [0.29, 0.717) is 11.4 Å². The van der Waals surface area contributed by atoms with Crippen LogP contribution in [0.15, 0.2) is 12.2 Å². The van der Waals surface area contributed by atoms with E-state index in [9.17, 15) is 24.5 Å². The van der Waals surface area contributed by atoms with Gasteiger partial charge in [0.05, 0.1) is 19.7 Å². The van der Waals surface area contributed by atoms with E-state index >= 15 is 0 Å². The van der Waals surface area contributed by atoms with Crippen molar-refractivity contribution in [2.75, 3.05) is 19.7 Å². The highest BCUT2D eigenvalue weighted by Gasteiger charge is 2.49. The van der Waals surface area contributed by atoms with Crippen molar-refractivity contribution in [3.05, 3.63) is 12.2 Å². The van der Waals surface area contributed by atoms with E-state index in [1.165, 1.54) is 0 Å². The highest BCUT2D eigenvalue weighted by Crippen LogP contribution is 2.32. The van der Waals surface area contributed by atoms with Crippen LogP contribution in [0.3, 0.4) is 0 Å². The number of carboxylic acid groups (broad SMARTS) is 1. The average Bonchev–Trinajstić information content (AvgIpc) is 2.72. The Morgan fingerprint density at radius 3 is 2.73 bits per heavy atom. The number of phosphoric ester groups is 1. The molecule has 10 nitrogen and oxygen atoms in total. The second-order valence-electron chi connectivity index (χ2n) is 5.28. The predicted molar refractivity (Wildman–Crippen MR) is 67.4 cm³/mol. The van der Waals surface area contributed by atoms with Crippen molar-refractivity contribution in [2.45, 2.75) is 24.5 Å². The Balaban J connectivity index is 1.99. The van der Waals surface area contributed by atoms with Gasteiger partial charge in [-0.15, -0.1) is 0 Å². The largest absolute Gasteiger partial charge is 0.756 e. The number of aliphatic hydroxyl groups is 2. The molecule has 0 aliphatic carbocycles. The SMILES string of the molecule is O=C(O)C1C=CC[NH+](C2OC(COP(=O)([O-])O)C(O)C2O)C1. The third kappa shape index (κ3) is 4.12. The van der Waals surface area contributed by atoms with Gasteiger partial charge in [0, 0.05) is 0 Å². The third-order valence-electron chi connectivity index (χ3n) is 3.71. The van der Waals surface area contributed by atoms with Gasteiger partial charge in [0.25, 0.3) is 7.82 Å². The summed E-state index contributed by atoms with van der Waals surface area (Å²) in [5, 5.41) is 28.9. The highest BCUT2D eigenvalue weighted by atomic mass is 31.2. The summed E-state index contributed by atoms with van der Waals surface area (Å²) in [6, 6.07) is 0. The van der Waals surface area contributed by atoms with Crippen molar-refractivity contribution in [2.24, 2.45) is 5.92 Å². The average molecular weight is 339 g/mol. The van der Waals surface area contributed by atoms with E-state index in [1.54, 1.807) is 12.2 Å². The normalized spacial score (nSPS) is 41.3. The highest BCUT2D eigenvalue weighted by molar-refractivity contribution is 7.44. The molecule has 11 heteroatoms. The van der Waals surface area contributed by atoms with Gasteiger partial charge in [-0.25, -0.2) is 0 Å². The summed E-state index contributed by atoms with van der Waals surface area (Å²) >= 11 is 0. The first-order chi connectivity index (χ1) is 10.2. The Labute approximate surface area is 125 Å². The summed E-state index contributed by atoms with van der Waals surface area (Å²) < 4.78 is 20.1. The van der Waals surface area contributed by atoms with Crippen LogP contribution in [0.1, 0.15) is 0 Å². The van der Waals surface area contributed by atoms with Crippen LogP contribution in [0.2, 0.25) is 0 Å². The Morgan fingerprint density at radius 2 is 2.14 bits per heavy atom. The maximum atomic E-state index is 11.0. The van der Waals surface area contributed by atoms with Crippen LogP contribution in [0, 0.1) is 5.92 Å². The van der Waals surface area contributed by atoms with Crippen molar-refractivity contribution in [3.8, 4) is 0 Å². The number of phosphoric acid groups is 1. The van der Waals surface area contributed by atoms with Crippen LogP contribution in [-0.2, 0) is 18.6 Å². The first kappa shape index (κ1) is 17.5. The third-order valence-corrected chi connectivity index (χ3v) is 4.19. The van der Waals surface area contributed by atoms with Crippen molar-refractivity contribution < 1.29 is 48.6 Å². The summed E-state index contributed by atoms with van der Waals surface area (Å²) in [7, 11) is -4.96. The minimum absolute atomic E-state index is 0.161. The molecule has 7 atom stereocenters. The first-order valence-corrected chi connectivity index (χ1v) is 8.12. The molecule has 0 spiro atoms. The van der Waals surface area contributed by atoms with Gasteiger partial charge in [0.15, 0.2) is 6.10 Å². The molecule has 0 amide bonds. The number of hydrogen-bond acceptors (Lipinski definition) is 7. The number of carbonyl (C=O) groups is 1. The standard InChI is InChI=1S/C11H18NO9P/c13-8-7(5-20-22(17,18)19)21-10(9(8)14)12-3-1-2-6(4-12)11(15)16/h1-2,6-10,13-14H,3-5H2,(H,15,16)(H2,17,18,19).